The fourth-order valence-corrected chi connectivity index (χ4v) is 5.04. The van der Waals surface area contributed by atoms with E-state index in [0.29, 0.717) is 23.4 Å². The summed E-state index contributed by atoms with van der Waals surface area (Å²) in [5.74, 6) is 0.766. The molecule has 0 fully saturated rings. The van der Waals surface area contributed by atoms with E-state index in [1.54, 1.807) is 11.3 Å². The molecule has 0 atom stereocenters. The van der Waals surface area contributed by atoms with Crippen molar-refractivity contribution in [1.29, 1.82) is 0 Å². The summed E-state index contributed by atoms with van der Waals surface area (Å²) < 4.78 is 7.06. The number of rotatable bonds is 14. The number of nitrogens with two attached hydrogens (primary N) is 1. The lowest BCUT2D eigenvalue weighted by molar-refractivity contribution is 0.104. The van der Waals surface area contributed by atoms with Gasteiger partial charge in [-0.2, -0.15) is 0 Å². The molecule has 33 heavy (non-hydrogen) atoms. The number of hydrogen-bond acceptors (Lipinski definition) is 5. The minimum absolute atomic E-state index is 0.0346. The zero-order chi connectivity index (χ0) is 23.6. The van der Waals surface area contributed by atoms with E-state index in [1.165, 1.54) is 43.6 Å². The Morgan fingerprint density at radius 3 is 2.24 bits per heavy atom. The molecule has 0 saturated carbocycles. The summed E-state index contributed by atoms with van der Waals surface area (Å²) in [4.78, 5) is 17.1. The Morgan fingerprint density at radius 1 is 0.939 bits per heavy atom. The van der Waals surface area contributed by atoms with Gasteiger partial charge in [-0.1, -0.05) is 33.6 Å². The zero-order valence-electron chi connectivity index (χ0n) is 20.4. The Labute approximate surface area is 202 Å². The maximum atomic E-state index is 13.3. The van der Waals surface area contributed by atoms with Gasteiger partial charge in [-0.05, 0) is 81.2 Å². The molecule has 0 aliphatic rings. The van der Waals surface area contributed by atoms with Crippen molar-refractivity contribution in [2.75, 3.05) is 32.0 Å². The second kappa shape index (κ2) is 12.8. The SMILES string of the molecule is CCCCN(CCCC)CCCOc1ccc(C(=O)c2c(N)ccc3sc(CC)cc23)cc1. The van der Waals surface area contributed by atoms with Crippen LogP contribution in [0.15, 0.2) is 42.5 Å². The van der Waals surface area contributed by atoms with Gasteiger partial charge < -0.3 is 15.4 Å². The van der Waals surface area contributed by atoms with Crippen molar-refractivity contribution in [1.82, 2.24) is 4.90 Å². The summed E-state index contributed by atoms with van der Waals surface area (Å²) in [7, 11) is 0. The van der Waals surface area contributed by atoms with Crippen molar-refractivity contribution < 1.29 is 9.53 Å². The standard InChI is InChI=1S/C28H38N2O2S/c1-4-7-16-30(17-8-5-2)18-9-19-32-22-12-10-21(11-13-22)28(31)27-24-20-23(6-3)33-26(24)15-14-25(27)29/h10-15,20H,4-9,16-19,29H2,1-3H3. The number of carbonyl (C=O) groups is 1. The first kappa shape index (κ1) is 25.3. The summed E-state index contributed by atoms with van der Waals surface area (Å²) in [6.07, 6.45) is 6.93. The van der Waals surface area contributed by atoms with E-state index in [1.807, 2.05) is 36.4 Å². The highest BCUT2D eigenvalue weighted by molar-refractivity contribution is 7.19. The van der Waals surface area contributed by atoms with E-state index in [-0.39, 0.29) is 5.78 Å². The Kier molecular flexibility index (Phi) is 9.76. The normalized spacial score (nSPS) is 11.4. The first-order chi connectivity index (χ1) is 16.1. The molecular formula is C28H38N2O2S. The minimum atomic E-state index is -0.0346. The maximum Gasteiger partial charge on any atom is 0.195 e. The number of aryl methyl sites for hydroxylation is 1. The van der Waals surface area contributed by atoms with Crippen LogP contribution in [0.5, 0.6) is 5.75 Å². The lowest BCUT2D eigenvalue weighted by Gasteiger charge is -2.21. The number of carbonyl (C=O) groups excluding carboxylic acids is 1. The molecule has 0 bridgehead atoms. The maximum absolute atomic E-state index is 13.3. The third-order valence-corrected chi connectivity index (χ3v) is 7.26. The van der Waals surface area contributed by atoms with Crippen LogP contribution in [0.3, 0.4) is 0 Å². The van der Waals surface area contributed by atoms with Crippen molar-refractivity contribution in [3.63, 3.8) is 0 Å². The summed E-state index contributed by atoms with van der Waals surface area (Å²) in [5.41, 5.74) is 8.00. The van der Waals surface area contributed by atoms with Crippen LogP contribution >= 0.6 is 11.3 Å². The highest BCUT2D eigenvalue weighted by atomic mass is 32.1. The molecule has 0 radical (unpaired) electrons. The Balaban J connectivity index is 1.59. The van der Waals surface area contributed by atoms with Crippen molar-refractivity contribution in [2.24, 2.45) is 0 Å². The number of ether oxygens (including phenoxy) is 1. The highest BCUT2D eigenvalue weighted by Gasteiger charge is 2.18. The average molecular weight is 467 g/mol. The molecule has 1 heterocycles. The van der Waals surface area contributed by atoms with Crippen LogP contribution in [0, 0.1) is 0 Å². The molecule has 3 aromatic rings. The van der Waals surface area contributed by atoms with Crippen molar-refractivity contribution >= 4 is 32.9 Å². The quantitative estimate of drug-likeness (QED) is 0.159. The van der Waals surface area contributed by atoms with Gasteiger partial charge in [0.15, 0.2) is 5.78 Å². The Bertz CT molecular complexity index is 1020. The van der Waals surface area contributed by atoms with Gasteiger partial charge in [-0.3, -0.25) is 4.79 Å². The van der Waals surface area contributed by atoms with Crippen LogP contribution in [-0.2, 0) is 6.42 Å². The summed E-state index contributed by atoms with van der Waals surface area (Å²) >= 11 is 1.73. The minimum Gasteiger partial charge on any atom is -0.494 e. The van der Waals surface area contributed by atoms with Crippen LogP contribution in [-0.4, -0.2) is 36.9 Å². The van der Waals surface area contributed by atoms with Gasteiger partial charge >= 0.3 is 0 Å². The molecule has 2 N–H and O–H groups in total. The number of nitrogens with zero attached hydrogens (tertiary/aromatic N) is 1. The number of unbranched alkanes of at least 4 members (excludes halogenated alkanes) is 2. The smallest absolute Gasteiger partial charge is 0.195 e. The van der Waals surface area contributed by atoms with Gasteiger partial charge in [0, 0.05) is 32.8 Å². The first-order valence-corrected chi connectivity index (χ1v) is 13.2. The molecule has 0 aliphatic carbocycles. The number of nitrogen functional groups attached to an aromatic ring is 1. The van der Waals surface area contributed by atoms with E-state index >= 15 is 0 Å². The third kappa shape index (κ3) is 6.81. The van der Waals surface area contributed by atoms with Crippen LogP contribution in [0.4, 0.5) is 5.69 Å². The van der Waals surface area contributed by atoms with Gasteiger partial charge in [-0.15, -0.1) is 11.3 Å². The largest absolute Gasteiger partial charge is 0.494 e. The second-order valence-corrected chi connectivity index (χ2v) is 9.78. The molecule has 0 aliphatic heterocycles. The Hall–Kier alpha value is -2.37. The summed E-state index contributed by atoms with van der Waals surface area (Å²) in [6.45, 7) is 10.7. The van der Waals surface area contributed by atoms with Crippen LogP contribution < -0.4 is 10.5 Å². The molecule has 0 saturated heterocycles. The lowest BCUT2D eigenvalue weighted by atomic mass is 9.98. The van der Waals surface area contributed by atoms with Crippen molar-refractivity contribution in [3.8, 4) is 5.75 Å². The molecule has 5 heteroatoms. The Morgan fingerprint density at radius 2 is 1.61 bits per heavy atom. The third-order valence-electron chi connectivity index (χ3n) is 6.02. The van der Waals surface area contributed by atoms with E-state index in [0.717, 1.165) is 35.2 Å². The van der Waals surface area contributed by atoms with E-state index in [2.05, 4.69) is 31.7 Å². The summed E-state index contributed by atoms with van der Waals surface area (Å²) in [6, 6.07) is 13.4. The van der Waals surface area contributed by atoms with E-state index < -0.39 is 0 Å². The van der Waals surface area contributed by atoms with E-state index in [4.69, 9.17) is 10.5 Å². The number of thiophene rings is 1. The predicted octanol–water partition coefficient (Wildman–Crippen LogP) is 6.95. The number of hydrogen-bond donors (Lipinski definition) is 1. The second-order valence-electron chi connectivity index (χ2n) is 8.61. The van der Waals surface area contributed by atoms with Crippen molar-refractivity contribution in [3.05, 3.63) is 58.5 Å². The van der Waals surface area contributed by atoms with Gasteiger partial charge in [0.05, 0.1) is 12.2 Å². The van der Waals surface area contributed by atoms with Gasteiger partial charge in [0.25, 0.3) is 0 Å². The highest BCUT2D eigenvalue weighted by Crippen LogP contribution is 2.33. The van der Waals surface area contributed by atoms with E-state index in [9.17, 15) is 4.79 Å². The fourth-order valence-electron chi connectivity index (χ4n) is 4.03. The van der Waals surface area contributed by atoms with Crippen molar-refractivity contribution in [2.45, 2.75) is 59.3 Å². The molecular weight excluding hydrogens is 428 g/mol. The zero-order valence-corrected chi connectivity index (χ0v) is 21.2. The van der Waals surface area contributed by atoms with Crippen LogP contribution in [0.2, 0.25) is 0 Å². The number of anilines is 1. The molecule has 0 spiro atoms. The van der Waals surface area contributed by atoms with Gasteiger partial charge in [0.2, 0.25) is 0 Å². The fraction of sp³-hybridized carbons (Fsp3) is 0.464. The number of benzene rings is 2. The molecule has 4 nitrogen and oxygen atoms in total. The number of fused-ring (bicyclic) bond motifs is 1. The molecule has 1 aromatic heterocycles. The molecule has 178 valence electrons. The molecule has 0 unspecified atom stereocenters. The topological polar surface area (TPSA) is 55.6 Å². The molecule has 0 amide bonds. The molecule has 3 rings (SSSR count). The van der Waals surface area contributed by atoms with Crippen LogP contribution in [0.1, 0.15) is 73.7 Å². The predicted molar refractivity (Wildman–Crippen MR) is 142 cm³/mol. The number of ketones is 1. The van der Waals surface area contributed by atoms with Gasteiger partial charge in [0.1, 0.15) is 5.75 Å². The van der Waals surface area contributed by atoms with Gasteiger partial charge in [-0.25, -0.2) is 0 Å². The molecule has 2 aromatic carbocycles. The average Bonchev–Trinajstić information content (AvgIpc) is 3.26. The van der Waals surface area contributed by atoms with Crippen LogP contribution in [0.25, 0.3) is 10.1 Å². The monoisotopic (exact) mass is 466 g/mol. The first-order valence-electron chi connectivity index (χ1n) is 12.4. The summed E-state index contributed by atoms with van der Waals surface area (Å²) in [5, 5.41) is 0.956. The lowest BCUT2D eigenvalue weighted by Crippen LogP contribution is -2.28.